The predicted molar refractivity (Wildman–Crippen MR) is 85.1 cm³/mol. The van der Waals surface area contributed by atoms with Crippen molar-refractivity contribution in [1.29, 1.82) is 0 Å². The molecule has 1 heteroatoms. The van der Waals surface area contributed by atoms with E-state index in [4.69, 9.17) is 0 Å². The zero-order valence-electron chi connectivity index (χ0n) is 13.4. The SMILES string of the molecule is OC12CCCC34CC56C=C7CCCC(=CC5(CCC6)C13)C2C74. The summed E-state index contributed by atoms with van der Waals surface area (Å²) in [6, 6.07) is 0. The molecule has 7 atom stereocenters. The van der Waals surface area contributed by atoms with Gasteiger partial charge < -0.3 is 5.11 Å². The van der Waals surface area contributed by atoms with Crippen molar-refractivity contribution in [3.05, 3.63) is 23.3 Å². The van der Waals surface area contributed by atoms with Gasteiger partial charge in [-0.05, 0) is 74.5 Å². The summed E-state index contributed by atoms with van der Waals surface area (Å²) >= 11 is 0. The van der Waals surface area contributed by atoms with E-state index in [0.29, 0.717) is 28.1 Å². The van der Waals surface area contributed by atoms with Crippen molar-refractivity contribution in [3.63, 3.8) is 0 Å². The van der Waals surface area contributed by atoms with Crippen molar-refractivity contribution >= 4 is 0 Å². The van der Waals surface area contributed by atoms with Crippen molar-refractivity contribution in [2.75, 3.05) is 0 Å². The van der Waals surface area contributed by atoms with Crippen molar-refractivity contribution < 1.29 is 5.11 Å². The van der Waals surface area contributed by atoms with Gasteiger partial charge in [-0.2, -0.15) is 0 Å². The highest BCUT2D eigenvalue weighted by Gasteiger charge is 2.85. The molecule has 0 aromatic rings. The Morgan fingerprint density at radius 2 is 1.68 bits per heavy atom. The van der Waals surface area contributed by atoms with Gasteiger partial charge in [0.05, 0.1) is 5.60 Å². The van der Waals surface area contributed by atoms with Gasteiger partial charge in [0.25, 0.3) is 0 Å². The first kappa shape index (κ1) is 11.9. The number of allylic oxidation sites excluding steroid dienone is 3. The number of hydrogen-bond donors (Lipinski definition) is 1. The minimum Gasteiger partial charge on any atom is -0.389 e. The summed E-state index contributed by atoms with van der Waals surface area (Å²) in [7, 11) is 0. The third-order valence-electron chi connectivity index (χ3n) is 9.72. The molecule has 116 valence electrons. The molecule has 7 aliphatic carbocycles. The van der Waals surface area contributed by atoms with Gasteiger partial charge in [-0.1, -0.05) is 29.7 Å². The lowest BCUT2D eigenvalue weighted by Crippen LogP contribution is -2.55. The highest BCUT2D eigenvalue weighted by atomic mass is 16.3. The van der Waals surface area contributed by atoms with Crippen LogP contribution in [0.4, 0.5) is 0 Å². The van der Waals surface area contributed by atoms with E-state index in [0.717, 1.165) is 12.3 Å². The molecular formula is C21H26O. The molecule has 1 nitrogen and oxygen atoms in total. The smallest absolute Gasteiger partial charge is 0.0760 e. The average Bonchev–Trinajstić information content (AvgIpc) is 2.77. The molecule has 7 rings (SSSR count). The van der Waals surface area contributed by atoms with Crippen LogP contribution in [-0.2, 0) is 0 Å². The van der Waals surface area contributed by atoms with E-state index in [-0.39, 0.29) is 5.60 Å². The number of hydrogen-bond acceptors (Lipinski definition) is 1. The largest absolute Gasteiger partial charge is 0.389 e. The molecule has 7 aliphatic rings. The first-order valence-electron chi connectivity index (χ1n) is 9.81. The highest BCUT2D eigenvalue weighted by Crippen LogP contribution is 2.89. The monoisotopic (exact) mass is 294 g/mol. The van der Waals surface area contributed by atoms with Crippen molar-refractivity contribution in [3.8, 4) is 0 Å². The quantitative estimate of drug-likeness (QED) is 0.658. The van der Waals surface area contributed by atoms with E-state index >= 15 is 0 Å². The first-order valence-corrected chi connectivity index (χ1v) is 9.81. The van der Waals surface area contributed by atoms with E-state index in [1.165, 1.54) is 57.8 Å². The molecule has 5 bridgehead atoms. The van der Waals surface area contributed by atoms with Gasteiger partial charge in [0.1, 0.15) is 0 Å². The van der Waals surface area contributed by atoms with Crippen molar-refractivity contribution in [2.24, 2.45) is 34.0 Å². The maximum absolute atomic E-state index is 12.0. The zero-order valence-corrected chi connectivity index (χ0v) is 13.4. The topological polar surface area (TPSA) is 20.2 Å². The summed E-state index contributed by atoms with van der Waals surface area (Å²) in [5.41, 5.74) is 4.48. The molecule has 0 aromatic heterocycles. The molecule has 0 amide bonds. The Kier molecular flexibility index (Phi) is 1.64. The van der Waals surface area contributed by atoms with Gasteiger partial charge in [0, 0.05) is 17.3 Å². The number of aliphatic hydroxyl groups is 1. The maximum Gasteiger partial charge on any atom is 0.0760 e. The molecule has 5 fully saturated rings. The highest BCUT2D eigenvalue weighted by molar-refractivity contribution is 5.51. The Morgan fingerprint density at radius 3 is 2.59 bits per heavy atom. The van der Waals surface area contributed by atoms with Crippen LogP contribution in [0.15, 0.2) is 23.3 Å². The van der Waals surface area contributed by atoms with Crippen LogP contribution in [0.5, 0.6) is 0 Å². The third kappa shape index (κ3) is 0.845. The zero-order chi connectivity index (χ0) is 14.4. The second-order valence-electron chi connectivity index (χ2n) is 9.99. The van der Waals surface area contributed by atoms with Gasteiger partial charge >= 0.3 is 0 Å². The molecule has 3 spiro atoms. The lowest BCUT2D eigenvalue weighted by Gasteiger charge is -2.54. The van der Waals surface area contributed by atoms with Crippen LogP contribution < -0.4 is 0 Å². The Labute approximate surface area is 132 Å². The molecule has 0 heterocycles. The summed E-state index contributed by atoms with van der Waals surface area (Å²) in [4.78, 5) is 0. The van der Waals surface area contributed by atoms with E-state index in [1.807, 2.05) is 5.57 Å². The fourth-order valence-corrected chi connectivity index (χ4v) is 9.98. The molecule has 5 saturated carbocycles. The predicted octanol–water partition coefficient (Wildman–Crippen LogP) is 4.37. The minimum atomic E-state index is -0.330. The first-order chi connectivity index (χ1) is 10.7. The van der Waals surface area contributed by atoms with Gasteiger partial charge in [-0.3, -0.25) is 0 Å². The van der Waals surface area contributed by atoms with Crippen LogP contribution in [0.25, 0.3) is 0 Å². The molecule has 0 aliphatic heterocycles. The third-order valence-corrected chi connectivity index (χ3v) is 9.72. The Balaban J connectivity index is 1.69. The molecular weight excluding hydrogens is 268 g/mol. The second kappa shape index (κ2) is 3.04. The molecule has 0 aromatic carbocycles. The Morgan fingerprint density at radius 1 is 0.864 bits per heavy atom. The van der Waals surface area contributed by atoms with Crippen LogP contribution in [0, 0.1) is 34.0 Å². The molecule has 0 saturated heterocycles. The van der Waals surface area contributed by atoms with Crippen LogP contribution in [-0.4, -0.2) is 10.7 Å². The summed E-state index contributed by atoms with van der Waals surface area (Å²) < 4.78 is 0. The summed E-state index contributed by atoms with van der Waals surface area (Å²) in [5.74, 6) is 1.85. The fraction of sp³-hybridized carbons (Fsp3) is 0.810. The standard InChI is InChI=1S/C21H26O/c22-21-9-3-7-19-12-18-6-2-8-20(18,17(19)21)11-14-5-1-4-13(10-18)15(19)16(14)21/h10-11,15-17,22H,1-9,12H2. The van der Waals surface area contributed by atoms with Crippen LogP contribution in [0.3, 0.4) is 0 Å². The van der Waals surface area contributed by atoms with Gasteiger partial charge in [-0.25, -0.2) is 0 Å². The summed E-state index contributed by atoms with van der Waals surface area (Å²) in [6.45, 7) is 0. The maximum atomic E-state index is 12.0. The molecule has 22 heavy (non-hydrogen) atoms. The minimum absolute atomic E-state index is 0.330. The van der Waals surface area contributed by atoms with Crippen LogP contribution >= 0.6 is 0 Å². The van der Waals surface area contributed by atoms with Crippen LogP contribution in [0.2, 0.25) is 0 Å². The van der Waals surface area contributed by atoms with Crippen molar-refractivity contribution in [2.45, 2.75) is 69.8 Å². The van der Waals surface area contributed by atoms with Crippen molar-refractivity contribution in [1.82, 2.24) is 0 Å². The van der Waals surface area contributed by atoms with Gasteiger partial charge in [-0.15, -0.1) is 0 Å². The van der Waals surface area contributed by atoms with E-state index < -0.39 is 0 Å². The number of rotatable bonds is 0. The lowest BCUT2D eigenvalue weighted by atomic mass is 9.52. The van der Waals surface area contributed by atoms with E-state index in [9.17, 15) is 5.11 Å². The van der Waals surface area contributed by atoms with E-state index in [2.05, 4.69) is 12.2 Å². The fourth-order valence-electron chi connectivity index (χ4n) is 9.98. The van der Waals surface area contributed by atoms with Gasteiger partial charge in [0.15, 0.2) is 0 Å². The molecule has 1 N–H and O–H groups in total. The Hall–Kier alpha value is -0.560. The Bertz CT molecular complexity index is 688. The summed E-state index contributed by atoms with van der Waals surface area (Å²) in [5, 5.41) is 12.0. The summed E-state index contributed by atoms with van der Waals surface area (Å²) in [6.07, 6.45) is 19.0. The lowest BCUT2D eigenvalue weighted by molar-refractivity contribution is -0.112. The molecule has 7 unspecified atom stereocenters. The molecule has 0 radical (unpaired) electrons. The van der Waals surface area contributed by atoms with E-state index in [1.54, 1.807) is 5.57 Å². The average molecular weight is 294 g/mol. The van der Waals surface area contributed by atoms with Crippen LogP contribution in [0.1, 0.15) is 64.2 Å². The normalized spacial score (nSPS) is 65.4. The van der Waals surface area contributed by atoms with Gasteiger partial charge in [0.2, 0.25) is 0 Å². The second-order valence-corrected chi connectivity index (χ2v) is 9.99.